The van der Waals surface area contributed by atoms with Crippen LogP contribution in [0.15, 0.2) is 0 Å². The Hall–Kier alpha value is 0.0700. The third-order valence-electron chi connectivity index (χ3n) is 9.09. The maximum absolute atomic E-state index is 10.2. The molecular formula is C27H53N5O2S. The Morgan fingerprint density at radius 2 is 1.83 bits per heavy atom. The molecule has 0 amide bonds. The summed E-state index contributed by atoms with van der Waals surface area (Å²) in [6.45, 7) is 14.0. The van der Waals surface area contributed by atoms with E-state index in [2.05, 4.69) is 60.2 Å². The fourth-order valence-electron chi connectivity index (χ4n) is 7.07. The first-order valence-corrected chi connectivity index (χ1v) is 15.2. The molecule has 35 heavy (non-hydrogen) atoms. The Morgan fingerprint density at radius 3 is 2.57 bits per heavy atom. The monoisotopic (exact) mass is 511 g/mol. The van der Waals surface area contributed by atoms with Gasteiger partial charge in [-0.2, -0.15) is 0 Å². The highest BCUT2D eigenvalue weighted by atomic mass is 32.2. The van der Waals surface area contributed by atoms with Gasteiger partial charge in [-0.1, -0.05) is 32.7 Å². The predicted molar refractivity (Wildman–Crippen MR) is 146 cm³/mol. The van der Waals surface area contributed by atoms with Gasteiger partial charge < -0.3 is 10.2 Å². The molecule has 4 bridgehead atoms. The second-order valence-corrected chi connectivity index (χ2v) is 14.6. The minimum absolute atomic E-state index is 0.160. The lowest BCUT2D eigenvalue weighted by Gasteiger charge is -2.50. The van der Waals surface area contributed by atoms with E-state index in [9.17, 15) is 10.2 Å². The smallest absolute Gasteiger partial charge is 0.0785 e. The first-order valence-electron chi connectivity index (χ1n) is 14.3. The van der Waals surface area contributed by atoms with Crippen molar-refractivity contribution in [3.63, 3.8) is 0 Å². The third kappa shape index (κ3) is 7.34. The van der Waals surface area contributed by atoms with Gasteiger partial charge in [0, 0.05) is 36.6 Å². The summed E-state index contributed by atoms with van der Waals surface area (Å²) in [5.41, 5.74) is 0.442. The van der Waals surface area contributed by atoms with E-state index in [1.165, 1.54) is 38.5 Å². The molecule has 0 aliphatic carbocycles. The minimum atomic E-state index is -0.650. The number of nitrogens with zero attached hydrogens (tertiary/aromatic N) is 1. The highest BCUT2D eigenvalue weighted by molar-refractivity contribution is 7.98. The van der Waals surface area contributed by atoms with Gasteiger partial charge >= 0.3 is 0 Å². The van der Waals surface area contributed by atoms with Crippen molar-refractivity contribution < 1.29 is 10.2 Å². The van der Waals surface area contributed by atoms with E-state index >= 15 is 0 Å². The van der Waals surface area contributed by atoms with Gasteiger partial charge in [-0.15, -0.1) is 0 Å². The van der Waals surface area contributed by atoms with E-state index in [-0.39, 0.29) is 29.8 Å². The average molecular weight is 512 g/mol. The zero-order valence-electron chi connectivity index (χ0n) is 22.9. The van der Waals surface area contributed by atoms with Crippen LogP contribution in [-0.4, -0.2) is 76.2 Å². The van der Waals surface area contributed by atoms with Gasteiger partial charge in [0.2, 0.25) is 0 Å². The molecule has 204 valence electrons. The highest BCUT2D eigenvalue weighted by Crippen LogP contribution is 2.41. The molecule has 4 fully saturated rings. The van der Waals surface area contributed by atoms with Gasteiger partial charge in [0.25, 0.3) is 0 Å². The second kappa shape index (κ2) is 11.9. The molecule has 0 aromatic rings. The molecule has 4 aliphatic rings. The third-order valence-corrected chi connectivity index (χ3v) is 10.1. The largest absolute Gasteiger partial charge is 0.394 e. The van der Waals surface area contributed by atoms with Crippen LogP contribution in [0, 0.1) is 17.3 Å². The standard InChI is InChI=1S/C27H53N5O2S/c1-26(2,3)22-12-10-19-15-28-35-24-8-6-7-23(31-24)29-20(13-21(34)17-33)11-9-18-14-27(4,5)32(16-18)25(19)30-22/h18-25,28-31,33-34H,6-17H2,1-5H3/t18-,19?,20?,21?,22?,23?,24?,25?/m0/s1. The first-order chi connectivity index (χ1) is 16.5. The lowest BCUT2D eigenvalue weighted by Crippen LogP contribution is -2.63. The highest BCUT2D eigenvalue weighted by Gasteiger charge is 2.47. The van der Waals surface area contributed by atoms with E-state index in [4.69, 9.17) is 0 Å². The molecule has 4 heterocycles. The van der Waals surface area contributed by atoms with Crippen molar-refractivity contribution in [1.29, 1.82) is 0 Å². The molecule has 7 nitrogen and oxygen atoms in total. The van der Waals surface area contributed by atoms with Gasteiger partial charge in [-0.3, -0.25) is 25.6 Å². The summed E-state index contributed by atoms with van der Waals surface area (Å²) in [7, 11) is 0. The number of aliphatic hydroxyl groups is 2. The number of aliphatic hydroxyl groups excluding tert-OH is 2. The zero-order valence-corrected chi connectivity index (χ0v) is 23.7. The SMILES string of the molecule is CC(C)(C)C1CCC2CNSC3CCCC(NC(CC(O)CO)CC[C@@H]4CN(C2N1)C(C)(C)C4)N3. The van der Waals surface area contributed by atoms with E-state index < -0.39 is 6.10 Å². The molecule has 4 saturated heterocycles. The van der Waals surface area contributed by atoms with Crippen LogP contribution in [0.5, 0.6) is 0 Å². The number of rotatable bonds is 3. The van der Waals surface area contributed by atoms with Crippen LogP contribution in [0.3, 0.4) is 0 Å². The fraction of sp³-hybridized carbons (Fsp3) is 1.00. The zero-order chi connectivity index (χ0) is 25.2. The quantitative estimate of drug-likeness (QED) is 0.322. The van der Waals surface area contributed by atoms with Crippen LogP contribution in [0.4, 0.5) is 0 Å². The van der Waals surface area contributed by atoms with E-state index in [1.54, 1.807) is 0 Å². The number of hydrogen-bond donors (Lipinski definition) is 6. The Morgan fingerprint density at radius 1 is 1.03 bits per heavy atom. The van der Waals surface area contributed by atoms with Crippen LogP contribution in [0.2, 0.25) is 0 Å². The topological polar surface area (TPSA) is 91.8 Å². The molecule has 6 N–H and O–H groups in total. The summed E-state index contributed by atoms with van der Waals surface area (Å²) < 4.78 is 3.79. The second-order valence-electron chi connectivity index (χ2n) is 13.5. The summed E-state index contributed by atoms with van der Waals surface area (Å²) in [5, 5.41) is 31.9. The molecule has 0 aromatic heterocycles. The first kappa shape index (κ1) is 28.1. The number of nitrogens with one attached hydrogen (secondary N) is 4. The molecule has 0 aromatic carbocycles. The molecule has 0 spiro atoms. The summed E-state index contributed by atoms with van der Waals surface area (Å²) >= 11 is 1.87. The molecular weight excluding hydrogens is 458 g/mol. The van der Waals surface area contributed by atoms with E-state index in [0.717, 1.165) is 25.9 Å². The van der Waals surface area contributed by atoms with Crippen molar-refractivity contribution in [1.82, 2.24) is 25.6 Å². The molecule has 8 unspecified atom stereocenters. The van der Waals surface area contributed by atoms with E-state index in [1.807, 2.05) is 11.9 Å². The Kier molecular flexibility index (Phi) is 9.51. The Bertz CT molecular complexity index is 674. The van der Waals surface area contributed by atoms with Crippen molar-refractivity contribution in [3.05, 3.63) is 0 Å². The lowest BCUT2D eigenvalue weighted by molar-refractivity contribution is 0.00550. The van der Waals surface area contributed by atoms with Crippen molar-refractivity contribution in [3.8, 4) is 0 Å². The minimum Gasteiger partial charge on any atom is -0.394 e. The van der Waals surface area contributed by atoms with Crippen LogP contribution >= 0.6 is 11.9 Å². The van der Waals surface area contributed by atoms with Gasteiger partial charge in [-0.05, 0) is 83.0 Å². The number of hydrogen-bond acceptors (Lipinski definition) is 8. The predicted octanol–water partition coefficient (Wildman–Crippen LogP) is 2.99. The summed E-state index contributed by atoms with van der Waals surface area (Å²) in [4.78, 5) is 2.80. The fourth-order valence-corrected chi connectivity index (χ4v) is 8.10. The van der Waals surface area contributed by atoms with Crippen molar-refractivity contribution >= 4 is 11.9 Å². The van der Waals surface area contributed by atoms with Crippen LogP contribution in [0.1, 0.15) is 92.4 Å². The van der Waals surface area contributed by atoms with Crippen LogP contribution < -0.4 is 20.7 Å². The summed E-state index contributed by atoms with van der Waals surface area (Å²) in [6.07, 6.45) is 10.1. The van der Waals surface area contributed by atoms with E-state index in [0.29, 0.717) is 35.8 Å². The number of piperidine rings is 2. The van der Waals surface area contributed by atoms with Crippen molar-refractivity contribution in [2.24, 2.45) is 17.3 Å². The number of fused-ring (bicyclic) bond motifs is 6. The Balaban J connectivity index is 1.54. The summed E-state index contributed by atoms with van der Waals surface area (Å²) in [5.74, 6) is 1.27. The summed E-state index contributed by atoms with van der Waals surface area (Å²) in [6, 6.07) is 0.766. The maximum Gasteiger partial charge on any atom is 0.0785 e. The van der Waals surface area contributed by atoms with Gasteiger partial charge in [0.05, 0.1) is 30.4 Å². The molecule has 0 radical (unpaired) electrons. The molecule has 0 saturated carbocycles. The van der Waals surface area contributed by atoms with Crippen molar-refractivity contribution in [2.75, 3.05) is 19.7 Å². The van der Waals surface area contributed by atoms with Crippen LogP contribution in [0.25, 0.3) is 0 Å². The molecule has 4 aliphatic heterocycles. The van der Waals surface area contributed by atoms with Gasteiger partial charge in [-0.25, -0.2) is 0 Å². The van der Waals surface area contributed by atoms with Crippen molar-refractivity contribution in [2.45, 2.75) is 134 Å². The Labute approximate surface area is 218 Å². The lowest BCUT2D eigenvalue weighted by atomic mass is 9.78. The maximum atomic E-state index is 10.2. The van der Waals surface area contributed by atoms with Gasteiger partial charge in [0.1, 0.15) is 0 Å². The average Bonchev–Trinajstić information content (AvgIpc) is 3.10. The van der Waals surface area contributed by atoms with Crippen LogP contribution in [-0.2, 0) is 0 Å². The molecule has 8 heteroatoms. The molecule has 4 rings (SSSR count). The normalized spacial score (nSPS) is 41.9. The van der Waals surface area contributed by atoms with Gasteiger partial charge in [0.15, 0.2) is 0 Å². The molecule has 9 atom stereocenters.